The third-order valence-corrected chi connectivity index (χ3v) is 5.14. The van der Waals surface area contributed by atoms with E-state index in [9.17, 15) is 9.70 Å². The zero-order valence-electron chi connectivity index (χ0n) is 18.8. The number of aromatic nitrogens is 1. The Kier molecular flexibility index (Phi) is 10.3. The fourth-order valence-corrected chi connectivity index (χ4v) is 3.33. The highest BCUT2D eigenvalue weighted by atomic mass is 32.1. The Bertz CT molecular complexity index is 1040. The number of benzene rings is 2. The van der Waals surface area contributed by atoms with Gasteiger partial charge in [0.2, 0.25) is 0 Å². The van der Waals surface area contributed by atoms with Crippen molar-refractivity contribution in [3.63, 3.8) is 0 Å². The Morgan fingerprint density at radius 3 is 2.50 bits per heavy atom. The predicted molar refractivity (Wildman–Crippen MR) is 129 cm³/mol. The molecule has 0 radical (unpaired) electrons. The summed E-state index contributed by atoms with van der Waals surface area (Å²) in [4.78, 5) is 24.9. The number of aryl methyl sites for hydroxylation is 2. The molecule has 1 aromatic heterocycles. The summed E-state index contributed by atoms with van der Waals surface area (Å²) in [5.41, 5.74) is 4.83. The average molecular weight is 453 g/mol. The number of hydrogen-bond acceptors (Lipinski definition) is 6. The van der Waals surface area contributed by atoms with Crippen molar-refractivity contribution in [3.8, 4) is 11.5 Å². The second kappa shape index (κ2) is 13.2. The van der Waals surface area contributed by atoms with Crippen LogP contribution in [0, 0.1) is 18.8 Å². The number of carbonyl (C=O) groups excluding carboxylic acids is 1. The van der Waals surface area contributed by atoms with Gasteiger partial charge in [0.25, 0.3) is 0 Å². The highest BCUT2D eigenvalue weighted by Crippen LogP contribution is 2.23. The van der Waals surface area contributed by atoms with Crippen LogP contribution in [0.2, 0.25) is 0 Å². The number of nitrogens with zero attached hydrogens (tertiary/aromatic N) is 2. The minimum atomic E-state index is -0.835. The van der Waals surface area contributed by atoms with Gasteiger partial charge in [-0.1, -0.05) is 35.9 Å². The molecule has 32 heavy (non-hydrogen) atoms. The summed E-state index contributed by atoms with van der Waals surface area (Å²) in [6.07, 6.45) is 4.73. The molecule has 0 atom stereocenters. The number of amides is 1. The van der Waals surface area contributed by atoms with Crippen LogP contribution < -0.4 is 9.47 Å². The molecule has 0 aliphatic heterocycles. The molecular formula is C25H28N2O4S. The minimum absolute atomic E-state index is 0.353. The fourth-order valence-electron chi connectivity index (χ4n) is 2.73. The number of nitroso groups, excluding NO2 is 1. The first-order valence-electron chi connectivity index (χ1n) is 10.2. The van der Waals surface area contributed by atoms with Crippen LogP contribution >= 0.6 is 11.3 Å². The van der Waals surface area contributed by atoms with Crippen molar-refractivity contribution in [1.29, 1.82) is 0 Å². The van der Waals surface area contributed by atoms with Gasteiger partial charge in [-0.3, -0.25) is 4.79 Å². The van der Waals surface area contributed by atoms with Crippen LogP contribution in [-0.4, -0.2) is 24.1 Å². The predicted octanol–water partition coefficient (Wildman–Crippen LogP) is 6.16. The van der Waals surface area contributed by atoms with Gasteiger partial charge < -0.3 is 9.47 Å². The molecule has 6 nitrogen and oxygen atoms in total. The van der Waals surface area contributed by atoms with Crippen LogP contribution in [0.15, 0.2) is 64.8 Å². The van der Waals surface area contributed by atoms with E-state index < -0.39 is 5.91 Å². The molecule has 0 spiro atoms. The van der Waals surface area contributed by atoms with Crippen LogP contribution in [0.1, 0.15) is 35.5 Å². The standard InChI is InChI=1S/C14H14N2O4S.C11H14/c1-10-8-11(19-6-4-14-15-5-7-21-14)2-3-12(10)20-9-13(17)16-18;1-9(2)8-11-7-5-4-6-10(11)3/h2-3,5,7-8H,4,6,9H2,1H3;4-8H,1-3H3. The normalized spacial score (nSPS) is 9.88. The van der Waals surface area contributed by atoms with E-state index in [-0.39, 0.29) is 6.61 Å². The number of rotatable bonds is 8. The molecule has 0 aliphatic carbocycles. The number of thiazole rings is 1. The van der Waals surface area contributed by atoms with E-state index in [0.717, 1.165) is 22.7 Å². The molecule has 0 N–H and O–H groups in total. The van der Waals surface area contributed by atoms with Gasteiger partial charge in [0.15, 0.2) is 6.61 Å². The second-order valence-corrected chi connectivity index (χ2v) is 8.28. The zero-order valence-corrected chi connectivity index (χ0v) is 19.6. The summed E-state index contributed by atoms with van der Waals surface area (Å²) in [5, 5.41) is 5.24. The van der Waals surface area contributed by atoms with E-state index in [4.69, 9.17) is 9.47 Å². The Hall–Kier alpha value is -3.32. The molecule has 0 saturated carbocycles. The van der Waals surface area contributed by atoms with Gasteiger partial charge in [-0.25, -0.2) is 4.98 Å². The number of carbonyl (C=O) groups is 1. The molecule has 168 valence electrons. The van der Waals surface area contributed by atoms with Crippen LogP contribution in [0.4, 0.5) is 0 Å². The largest absolute Gasteiger partial charge is 0.493 e. The van der Waals surface area contributed by atoms with Crippen LogP contribution in [0.5, 0.6) is 11.5 Å². The first-order chi connectivity index (χ1) is 15.4. The van der Waals surface area contributed by atoms with Crippen molar-refractivity contribution in [2.24, 2.45) is 5.18 Å². The number of hydrogen-bond donors (Lipinski definition) is 0. The molecule has 1 amide bonds. The number of allylic oxidation sites excluding steroid dienone is 1. The van der Waals surface area contributed by atoms with Crippen molar-refractivity contribution in [2.45, 2.75) is 34.1 Å². The van der Waals surface area contributed by atoms with E-state index in [1.54, 1.807) is 29.7 Å². The molecule has 0 saturated heterocycles. The minimum Gasteiger partial charge on any atom is -0.493 e. The van der Waals surface area contributed by atoms with Gasteiger partial charge in [-0.2, -0.15) is 0 Å². The van der Waals surface area contributed by atoms with Crippen LogP contribution in [0.3, 0.4) is 0 Å². The van der Waals surface area contributed by atoms with Crippen molar-refractivity contribution < 1.29 is 14.3 Å². The van der Waals surface area contributed by atoms with E-state index in [1.165, 1.54) is 16.7 Å². The third kappa shape index (κ3) is 8.81. The summed E-state index contributed by atoms with van der Waals surface area (Å²) in [6.45, 7) is 8.39. The third-order valence-electron chi connectivity index (χ3n) is 4.30. The van der Waals surface area contributed by atoms with Gasteiger partial charge in [0.05, 0.1) is 11.6 Å². The molecular weight excluding hydrogens is 424 g/mol. The molecule has 1 heterocycles. The van der Waals surface area contributed by atoms with Crippen molar-refractivity contribution in [2.75, 3.05) is 13.2 Å². The van der Waals surface area contributed by atoms with Gasteiger partial charge in [0.1, 0.15) is 11.5 Å². The van der Waals surface area contributed by atoms with E-state index in [1.807, 2.05) is 18.4 Å². The molecule has 3 rings (SSSR count). The Balaban J connectivity index is 0.000000278. The van der Waals surface area contributed by atoms with Gasteiger partial charge in [-0.05, 0) is 62.6 Å². The summed E-state index contributed by atoms with van der Waals surface area (Å²) in [6, 6.07) is 13.7. The maximum Gasteiger partial charge on any atom is 0.323 e. The lowest BCUT2D eigenvalue weighted by atomic mass is 10.1. The van der Waals surface area contributed by atoms with Gasteiger partial charge >= 0.3 is 5.91 Å². The maximum atomic E-state index is 10.8. The highest BCUT2D eigenvalue weighted by molar-refractivity contribution is 7.09. The molecule has 7 heteroatoms. The first-order valence-corrected chi connectivity index (χ1v) is 11.1. The topological polar surface area (TPSA) is 77.8 Å². The molecule has 2 aromatic carbocycles. The SMILES string of the molecule is CC(C)=Cc1ccccc1C.Cc1cc(OCCc2nccs2)ccc1OCC(=O)N=O. The first kappa shape index (κ1) is 24.9. The van der Waals surface area contributed by atoms with E-state index in [2.05, 4.69) is 61.3 Å². The van der Waals surface area contributed by atoms with Crippen LogP contribution in [0.25, 0.3) is 6.08 Å². The molecule has 0 bridgehead atoms. The van der Waals surface area contributed by atoms with Crippen LogP contribution in [-0.2, 0) is 11.2 Å². The second-order valence-electron chi connectivity index (χ2n) is 7.30. The maximum absolute atomic E-state index is 10.8. The lowest BCUT2D eigenvalue weighted by Gasteiger charge is -2.10. The zero-order chi connectivity index (χ0) is 23.3. The Labute approximate surface area is 192 Å². The molecule has 0 aliphatic rings. The molecule has 0 fully saturated rings. The smallest absolute Gasteiger partial charge is 0.323 e. The lowest BCUT2D eigenvalue weighted by Crippen LogP contribution is -2.08. The summed E-state index contributed by atoms with van der Waals surface area (Å²) >= 11 is 1.60. The average Bonchev–Trinajstić information content (AvgIpc) is 3.28. The van der Waals surface area contributed by atoms with E-state index >= 15 is 0 Å². The highest BCUT2D eigenvalue weighted by Gasteiger charge is 2.06. The molecule has 0 unspecified atom stereocenters. The summed E-state index contributed by atoms with van der Waals surface area (Å²) in [5.74, 6) is 0.411. The van der Waals surface area contributed by atoms with Gasteiger partial charge in [-0.15, -0.1) is 16.2 Å². The van der Waals surface area contributed by atoms with Crippen molar-refractivity contribution in [3.05, 3.63) is 86.2 Å². The number of ether oxygens (including phenoxy) is 2. The van der Waals surface area contributed by atoms with Crippen molar-refractivity contribution >= 4 is 23.3 Å². The van der Waals surface area contributed by atoms with E-state index in [0.29, 0.717) is 12.4 Å². The molecule has 3 aromatic rings. The monoisotopic (exact) mass is 452 g/mol. The lowest BCUT2D eigenvalue weighted by molar-refractivity contribution is -0.119. The Morgan fingerprint density at radius 2 is 1.88 bits per heavy atom. The quantitative estimate of drug-likeness (QED) is 0.382. The fraction of sp³-hybridized carbons (Fsp3) is 0.280. The van der Waals surface area contributed by atoms with Crippen molar-refractivity contribution in [1.82, 2.24) is 4.98 Å². The van der Waals surface area contributed by atoms with Gasteiger partial charge in [0, 0.05) is 23.2 Å². The summed E-state index contributed by atoms with van der Waals surface area (Å²) < 4.78 is 10.8. The summed E-state index contributed by atoms with van der Waals surface area (Å²) in [7, 11) is 0. The Morgan fingerprint density at radius 1 is 1.09 bits per heavy atom.